The van der Waals surface area contributed by atoms with Crippen molar-refractivity contribution in [2.24, 2.45) is 7.05 Å². The predicted octanol–water partition coefficient (Wildman–Crippen LogP) is 2.21. The van der Waals surface area contributed by atoms with Gasteiger partial charge in [0.05, 0.1) is 5.56 Å². The number of halogens is 1. The molecule has 2 aliphatic rings. The molecule has 2 aliphatic heterocycles. The van der Waals surface area contributed by atoms with Gasteiger partial charge in [-0.2, -0.15) is 0 Å². The molecule has 0 aliphatic carbocycles. The monoisotopic (exact) mass is 329 g/mol. The molecule has 2 saturated heterocycles. The summed E-state index contributed by atoms with van der Waals surface area (Å²) in [7, 11) is 1.86. The first-order chi connectivity index (χ1) is 11.5. The number of rotatable bonds is 2. The zero-order chi connectivity index (χ0) is 16.9. The van der Waals surface area contributed by atoms with E-state index in [4.69, 9.17) is 0 Å². The highest BCUT2D eigenvalue weighted by atomic mass is 19.1. The second kappa shape index (κ2) is 5.41. The van der Waals surface area contributed by atoms with Crippen LogP contribution in [0.2, 0.25) is 0 Å². The molecule has 0 unspecified atom stereocenters. The summed E-state index contributed by atoms with van der Waals surface area (Å²) in [5.74, 6) is -0.133. The maximum absolute atomic E-state index is 14.0. The van der Waals surface area contributed by atoms with Crippen LogP contribution in [0.25, 0.3) is 0 Å². The van der Waals surface area contributed by atoms with Crippen molar-refractivity contribution in [3.05, 3.63) is 53.9 Å². The number of amides is 1. The molecule has 0 spiro atoms. The fourth-order valence-corrected chi connectivity index (χ4v) is 4.33. The largest absolute Gasteiger partial charge is 0.382 e. The molecular formula is C18H20FN3O2. The summed E-state index contributed by atoms with van der Waals surface area (Å²) in [5.41, 5.74) is -0.923. The van der Waals surface area contributed by atoms with Crippen molar-refractivity contribution >= 4 is 5.91 Å². The van der Waals surface area contributed by atoms with E-state index in [1.807, 2.05) is 17.8 Å². The molecule has 2 fully saturated rings. The maximum atomic E-state index is 14.0. The fraction of sp³-hybridized carbons (Fsp3) is 0.444. The molecule has 24 heavy (non-hydrogen) atoms. The van der Waals surface area contributed by atoms with Crippen LogP contribution in [0.5, 0.6) is 0 Å². The van der Waals surface area contributed by atoms with Crippen molar-refractivity contribution < 1.29 is 14.3 Å². The molecule has 6 heteroatoms. The van der Waals surface area contributed by atoms with Gasteiger partial charge in [0.1, 0.15) is 17.2 Å². The number of nitrogens with zero attached hydrogens (tertiary/aromatic N) is 3. The van der Waals surface area contributed by atoms with Crippen LogP contribution in [0, 0.1) is 5.82 Å². The summed E-state index contributed by atoms with van der Waals surface area (Å²) in [4.78, 5) is 18.9. The highest BCUT2D eigenvalue weighted by Crippen LogP contribution is 2.45. The Morgan fingerprint density at radius 2 is 1.96 bits per heavy atom. The maximum Gasteiger partial charge on any atom is 0.257 e. The molecule has 3 heterocycles. The van der Waals surface area contributed by atoms with E-state index in [-0.39, 0.29) is 23.6 Å². The molecule has 1 N–H and O–H groups in total. The lowest BCUT2D eigenvalue weighted by Gasteiger charge is -2.43. The Morgan fingerprint density at radius 3 is 2.54 bits per heavy atom. The minimum absolute atomic E-state index is 0.0856. The molecule has 0 radical (unpaired) electrons. The number of fused-ring (bicyclic) bond motifs is 2. The summed E-state index contributed by atoms with van der Waals surface area (Å²) in [6, 6.07) is 5.92. The number of hydrogen-bond acceptors (Lipinski definition) is 3. The molecule has 1 aromatic carbocycles. The van der Waals surface area contributed by atoms with Crippen LogP contribution in [0.3, 0.4) is 0 Å². The van der Waals surface area contributed by atoms with Crippen LogP contribution in [0.4, 0.5) is 4.39 Å². The number of aryl methyl sites for hydroxylation is 1. The Balaban J connectivity index is 1.63. The summed E-state index contributed by atoms with van der Waals surface area (Å²) >= 11 is 0. The fourth-order valence-electron chi connectivity index (χ4n) is 4.33. The van der Waals surface area contributed by atoms with Gasteiger partial charge in [0.25, 0.3) is 5.91 Å². The van der Waals surface area contributed by atoms with Crippen molar-refractivity contribution in [1.29, 1.82) is 0 Å². The van der Waals surface area contributed by atoms with Gasteiger partial charge in [-0.25, -0.2) is 9.37 Å². The third-order valence-corrected chi connectivity index (χ3v) is 5.34. The highest BCUT2D eigenvalue weighted by molar-refractivity contribution is 5.95. The quantitative estimate of drug-likeness (QED) is 0.919. The Morgan fingerprint density at radius 1 is 1.29 bits per heavy atom. The van der Waals surface area contributed by atoms with Gasteiger partial charge in [-0.3, -0.25) is 4.79 Å². The summed E-state index contributed by atoms with van der Waals surface area (Å²) < 4.78 is 15.8. The average Bonchev–Trinajstić information content (AvgIpc) is 3.10. The molecule has 2 atom stereocenters. The minimum Gasteiger partial charge on any atom is -0.382 e. The topological polar surface area (TPSA) is 58.4 Å². The average molecular weight is 329 g/mol. The second-order valence-electron chi connectivity index (χ2n) is 6.88. The van der Waals surface area contributed by atoms with E-state index in [0.717, 1.165) is 12.8 Å². The Hall–Kier alpha value is -2.21. The molecule has 4 rings (SSSR count). The van der Waals surface area contributed by atoms with Crippen LogP contribution >= 0.6 is 0 Å². The number of aromatic nitrogens is 2. The van der Waals surface area contributed by atoms with Crippen LogP contribution in [0.1, 0.15) is 41.9 Å². The van der Waals surface area contributed by atoms with Gasteiger partial charge in [0.2, 0.25) is 0 Å². The first-order valence-corrected chi connectivity index (χ1v) is 8.27. The third-order valence-electron chi connectivity index (χ3n) is 5.34. The lowest BCUT2D eigenvalue weighted by atomic mass is 9.85. The van der Waals surface area contributed by atoms with Crippen molar-refractivity contribution in [2.75, 3.05) is 0 Å². The van der Waals surface area contributed by atoms with E-state index >= 15 is 0 Å². The molecule has 2 aromatic rings. The Kier molecular flexibility index (Phi) is 3.46. The summed E-state index contributed by atoms with van der Waals surface area (Å²) in [6.45, 7) is 0. The normalized spacial score (nSPS) is 29.0. The van der Waals surface area contributed by atoms with Gasteiger partial charge in [-0.1, -0.05) is 12.1 Å². The van der Waals surface area contributed by atoms with E-state index in [2.05, 4.69) is 4.98 Å². The first kappa shape index (κ1) is 15.3. The lowest BCUT2D eigenvalue weighted by molar-refractivity contribution is -0.0555. The third kappa shape index (κ3) is 2.24. The lowest BCUT2D eigenvalue weighted by Crippen LogP contribution is -2.52. The standard InChI is InChI=1S/C18H20FN3O2/c1-21-9-8-20-17(21)18(24)10-12-6-7-13(11-18)22(12)16(23)14-4-2-3-5-15(14)19/h2-5,8-9,12-13,24H,6-7,10-11H2,1H3/t12-,13-/m1/s1. The molecule has 0 saturated carbocycles. The minimum atomic E-state index is -1.03. The first-order valence-electron chi connectivity index (χ1n) is 8.27. The van der Waals surface area contributed by atoms with E-state index in [9.17, 15) is 14.3 Å². The van der Waals surface area contributed by atoms with Gasteiger partial charge in [0.15, 0.2) is 0 Å². The zero-order valence-electron chi connectivity index (χ0n) is 13.5. The number of imidazole rings is 1. The number of benzene rings is 1. The number of hydrogen-bond donors (Lipinski definition) is 1. The summed E-state index contributed by atoms with van der Waals surface area (Å²) in [6.07, 6.45) is 6.02. The summed E-state index contributed by atoms with van der Waals surface area (Å²) in [5, 5.41) is 11.1. The predicted molar refractivity (Wildman–Crippen MR) is 85.7 cm³/mol. The number of aliphatic hydroxyl groups is 1. The van der Waals surface area contributed by atoms with Gasteiger partial charge in [0, 0.05) is 44.4 Å². The van der Waals surface area contributed by atoms with Gasteiger partial charge >= 0.3 is 0 Å². The van der Waals surface area contributed by atoms with Crippen LogP contribution < -0.4 is 0 Å². The second-order valence-corrected chi connectivity index (χ2v) is 6.88. The SMILES string of the molecule is Cn1ccnc1C1(O)C[C@H]2CC[C@H](C1)N2C(=O)c1ccccc1F. The number of carbonyl (C=O) groups excluding carboxylic acids is 1. The molecule has 5 nitrogen and oxygen atoms in total. The van der Waals surface area contributed by atoms with E-state index < -0.39 is 11.4 Å². The van der Waals surface area contributed by atoms with Crippen LogP contribution in [-0.4, -0.2) is 37.5 Å². The highest BCUT2D eigenvalue weighted by Gasteiger charge is 2.51. The van der Waals surface area contributed by atoms with Crippen molar-refractivity contribution in [2.45, 2.75) is 43.4 Å². The molecule has 1 aromatic heterocycles. The van der Waals surface area contributed by atoms with Crippen molar-refractivity contribution in [3.8, 4) is 0 Å². The molecule has 1 amide bonds. The Labute approximate surface area is 139 Å². The van der Waals surface area contributed by atoms with Crippen LogP contribution in [0.15, 0.2) is 36.7 Å². The van der Waals surface area contributed by atoms with Crippen molar-refractivity contribution in [3.63, 3.8) is 0 Å². The van der Waals surface area contributed by atoms with Gasteiger partial charge in [-0.05, 0) is 25.0 Å². The van der Waals surface area contributed by atoms with Crippen molar-refractivity contribution in [1.82, 2.24) is 14.5 Å². The van der Waals surface area contributed by atoms with E-state index in [0.29, 0.717) is 18.7 Å². The Bertz CT molecular complexity index is 774. The van der Waals surface area contributed by atoms with Gasteiger partial charge < -0.3 is 14.6 Å². The van der Waals surface area contributed by atoms with E-state index in [1.165, 1.54) is 12.1 Å². The van der Waals surface area contributed by atoms with E-state index in [1.54, 1.807) is 23.2 Å². The smallest absolute Gasteiger partial charge is 0.257 e. The molecular weight excluding hydrogens is 309 g/mol. The molecule has 126 valence electrons. The van der Waals surface area contributed by atoms with Gasteiger partial charge in [-0.15, -0.1) is 0 Å². The zero-order valence-corrected chi connectivity index (χ0v) is 13.5. The van der Waals surface area contributed by atoms with Crippen LogP contribution in [-0.2, 0) is 12.6 Å². The molecule has 2 bridgehead atoms. The number of carbonyl (C=O) groups is 1. The number of piperidine rings is 1.